The normalized spacial score (nSPS) is 10.9. The van der Waals surface area contributed by atoms with Crippen LogP contribution in [0.3, 0.4) is 0 Å². The second kappa shape index (κ2) is 9.18. The van der Waals surface area contributed by atoms with Gasteiger partial charge < -0.3 is 16.0 Å². The van der Waals surface area contributed by atoms with E-state index >= 15 is 0 Å². The topological polar surface area (TPSA) is 65.5 Å². The van der Waals surface area contributed by atoms with E-state index in [1.54, 1.807) is 6.08 Å². The SMILES string of the molecule is C=CCNC(=NCC(=O)Nc1cc(Br)ccc1C)NCC. The Morgan fingerprint density at radius 1 is 1.43 bits per heavy atom. The Morgan fingerprint density at radius 2 is 2.19 bits per heavy atom. The van der Waals surface area contributed by atoms with E-state index in [2.05, 4.69) is 43.5 Å². The Morgan fingerprint density at radius 3 is 2.86 bits per heavy atom. The lowest BCUT2D eigenvalue weighted by molar-refractivity contribution is -0.114. The molecule has 1 aromatic rings. The number of carbonyl (C=O) groups is 1. The van der Waals surface area contributed by atoms with Crippen molar-refractivity contribution in [3.63, 3.8) is 0 Å². The van der Waals surface area contributed by atoms with Gasteiger partial charge in [0.25, 0.3) is 0 Å². The zero-order chi connectivity index (χ0) is 15.7. The number of amides is 1. The van der Waals surface area contributed by atoms with Gasteiger partial charge in [0.05, 0.1) is 0 Å². The van der Waals surface area contributed by atoms with Gasteiger partial charge in [-0.05, 0) is 31.5 Å². The van der Waals surface area contributed by atoms with Crippen molar-refractivity contribution in [2.45, 2.75) is 13.8 Å². The maximum atomic E-state index is 11.9. The molecule has 0 saturated carbocycles. The Hall–Kier alpha value is -1.82. The number of hydrogen-bond donors (Lipinski definition) is 3. The summed E-state index contributed by atoms with van der Waals surface area (Å²) in [6.07, 6.45) is 1.73. The third-order valence-electron chi connectivity index (χ3n) is 2.61. The van der Waals surface area contributed by atoms with Crippen LogP contribution in [0.15, 0.2) is 40.3 Å². The number of nitrogens with one attached hydrogen (secondary N) is 3. The van der Waals surface area contributed by atoms with Gasteiger partial charge in [0, 0.05) is 23.2 Å². The molecule has 0 heterocycles. The fraction of sp³-hybridized carbons (Fsp3) is 0.333. The van der Waals surface area contributed by atoms with Gasteiger partial charge in [0.2, 0.25) is 5.91 Å². The average Bonchev–Trinajstić information content (AvgIpc) is 2.46. The van der Waals surface area contributed by atoms with Crippen molar-refractivity contribution < 1.29 is 4.79 Å². The monoisotopic (exact) mass is 352 g/mol. The summed E-state index contributed by atoms with van der Waals surface area (Å²) >= 11 is 3.39. The molecule has 0 radical (unpaired) electrons. The number of rotatable bonds is 6. The fourth-order valence-corrected chi connectivity index (χ4v) is 1.94. The number of anilines is 1. The summed E-state index contributed by atoms with van der Waals surface area (Å²) in [7, 11) is 0. The highest BCUT2D eigenvalue weighted by molar-refractivity contribution is 9.10. The molecule has 6 heteroatoms. The van der Waals surface area contributed by atoms with Gasteiger partial charge in [-0.15, -0.1) is 6.58 Å². The number of nitrogens with zero attached hydrogens (tertiary/aromatic N) is 1. The van der Waals surface area contributed by atoms with Crippen LogP contribution in [0.5, 0.6) is 0 Å². The van der Waals surface area contributed by atoms with Crippen LogP contribution >= 0.6 is 15.9 Å². The molecular weight excluding hydrogens is 332 g/mol. The van der Waals surface area contributed by atoms with Gasteiger partial charge in [-0.25, -0.2) is 4.99 Å². The van der Waals surface area contributed by atoms with E-state index in [1.165, 1.54) is 0 Å². The smallest absolute Gasteiger partial charge is 0.246 e. The Kier molecular flexibility index (Phi) is 7.53. The summed E-state index contributed by atoms with van der Waals surface area (Å²) < 4.78 is 0.924. The minimum atomic E-state index is -0.160. The molecule has 1 rings (SSSR count). The molecule has 3 N–H and O–H groups in total. The van der Waals surface area contributed by atoms with Crippen molar-refractivity contribution in [3.05, 3.63) is 40.9 Å². The number of aryl methyl sites for hydroxylation is 1. The van der Waals surface area contributed by atoms with Crippen molar-refractivity contribution in [3.8, 4) is 0 Å². The van der Waals surface area contributed by atoms with E-state index in [9.17, 15) is 4.79 Å². The quantitative estimate of drug-likeness (QED) is 0.418. The second-order valence-corrected chi connectivity index (χ2v) is 5.29. The van der Waals surface area contributed by atoms with Crippen molar-refractivity contribution >= 4 is 33.5 Å². The molecule has 0 bridgehead atoms. The highest BCUT2D eigenvalue weighted by atomic mass is 79.9. The van der Waals surface area contributed by atoms with Crippen molar-refractivity contribution in [2.75, 3.05) is 25.0 Å². The standard InChI is InChI=1S/C15H21BrN4O/c1-4-8-18-15(17-5-2)19-10-14(21)20-13-9-12(16)7-6-11(13)3/h4,6-7,9H,1,5,8,10H2,2-3H3,(H,20,21)(H2,17,18,19). The molecule has 0 aliphatic heterocycles. The minimum absolute atomic E-state index is 0.0540. The van der Waals surface area contributed by atoms with Crippen LogP contribution in [-0.2, 0) is 4.79 Å². The molecule has 1 aromatic carbocycles. The number of benzene rings is 1. The molecule has 0 unspecified atom stereocenters. The molecular formula is C15H21BrN4O. The van der Waals surface area contributed by atoms with Crippen molar-refractivity contribution in [2.24, 2.45) is 4.99 Å². The molecule has 0 aromatic heterocycles. The summed E-state index contributed by atoms with van der Waals surface area (Å²) in [5, 5.41) is 8.96. The first-order valence-corrected chi connectivity index (χ1v) is 7.55. The molecule has 0 aliphatic carbocycles. The first-order chi connectivity index (χ1) is 10.1. The van der Waals surface area contributed by atoms with Crippen molar-refractivity contribution in [1.29, 1.82) is 0 Å². The lowest BCUT2D eigenvalue weighted by atomic mass is 10.2. The molecule has 1 amide bonds. The van der Waals surface area contributed by atoms with Crippen molar-refractivity contribution in [1.82, 2.24) is 10.6 Å². The highest BCUT2D eigenvalue weighted by Gasteiger charge is 2.05. The molecule has 0 spiro atoms. The van der Waals surface area contributed by atoms with Gasteiger partial charge in [0.15, 0.2) is 5.96 Å². The van der Waals surface area contributed by atoms with Crippen LogP contribution < -0.4 is 16.0 Å². The molecule has 114 valence electrons. The molecule has 21 heavy (non-hydrogen) atoms. The number of carbonyl (C=O) groups excluding carboxylic acids is 1. The number of hydrogen-bond acceptors (Lipinski definition) is 2. The summed E-state index contributed by atoms with van der Waals surface area (Å²) in [6, 6.07) is 5.75. The third-order valence-corrected chi connectivity index (χ3v) is 3.11. The molecule has 0 fully saturated rings. The van der Waals surface area contributed by atoms with Crippen LogP contribution in [0.25, 0.3) is 0 Å². The maximum absolute atomic E-state index is 11.9. The van der Waals surface area contributed by atoms with Gasteiger partial charge in [-0.2, -0.15) is 0 Å². The Bertz CT molecular complexity index is 528. The summed E-state index contributed by atoms with van der Waals surface area (Å²) in [4.78, 5) is 16.2. The second-order valence-electron chi connectivity index (χ2n) is 4.37. The third kappa shape index (κ3) is 6.44. The van der Waals surface area contributed by atoms with Crippen LogP contribution in [0, 0.1) is 6.92 Å². The fourth-order valence-electron chi connectivity index (χ4n) is 1.58. The minimum Gasteiger partial charge on any atom is -0.357 e. The molecule has 0 atom stereocenters. The van der Waals surface area contributed by atoms with Gasteiger partial charge in [-0.1, -0.05) is 28.1 Å². The largest absolute Gasteiger partial charge is 0.357 e. The van der Waals surface area contributed by atoms with Crippen LogP contribution in [0.2, 0.25) is 0 Å². The predicted octanol–water partition coefficient (Wildman–Crippen LogP) is 2.44. The zero-order valence-electron chi connectivity index (χ0n) is 12.4. The Labute approximate surface area is 134 Å². The predicted molar refractivity (Wildman–Crippen MR) is 91.7 cm³/mol. The number of aliphatic imine (C=N–C) groups is 1. The van der Waals surface area contributed by atoms with E-state index < -0.39 is 0 Å². The number of halogens is 1. The van der Waals surface area contributed by atoms with E-state index in [1.807, 2.05) is 32.0 Å². The molecule has 0 aliphatic rings. The maximum Gasteiger partial charge on any atom is 0.246 e. The van der Waals surface area contributed by atoms with Crippen LogP contribution in [0.1, 0.15) is 12.5 Å². The van der Waals surface area contributed by atoms with E-state index in [-0.39, 0.29) is 12.5 Å². The lowest BCUT2D eigenvalue weighted by Gasteiger charge is -2.10. The average molecular weight is 353 g/mol. The first kappa shape index (κ1) is 17.2. The van der Waals surface area contributed by atoms with Gasteiger partial charge in [0.1, 0.15) is 6.54 Å². The molecule has 5 nitrogen and oxygen atoms in total. The van der Waals surface area contributed by atoms with E-state index in [0.717, 1.165) is 22.3 Å². The zero-order valence-corrected chi connectivity index (χ0v) is 14.0. The summed E-state index contributed by atoms with van der Waals surface area (Å²) in [6.45, 7) is 8.93. The summed E-state index contributed by atoms with van der Waals surface area (Å²) in [5.41, 5.74) is 1.79. The van der Waals surface area contributed by atoms with Gasteiger partial charge in [-0.3, -0.25) is 4.79 Å². The van der Waals surface area contributed by atoms with E-state index in [4.69, 9.17) is 0 Å². The van der Waals surface area contributed by atoms with Crippen LogP contribution in [0.4, 0.5) is 5.69 Å². The summed E-state index contributed by atoms with van der Waals surface area (Å²) in [5.74, 6) is 0.436. The molecule has 0 saturated heterocycles. The van der Waals surface area contributed by atoms with Gasteiger partial charge >= 0.3 is 0 Å². The number of guanidine groups is 1. The van der Waals surface area contributed by atoms with Crippen LogP contribution in [-0.4, -0.2) is 31.5 Å². The lowest BCUT2D eigenvalue weighted by Crippen LogP contribution is -2.38. The first-order valence-electron chi connectivity index (χ1n) is 6.76. The highest BCUT2D eigenvalue weighted by Crippen LogP contribution is 2.20. The van der Waals surface area contributed by atoms with E-state index in [0.29, 0.717) is 12.5 Å². The Balaban J connectivity index is 2.62.